The van der Waals surface area contributed by atoms with Gasteiger partial charge in [-0.05, 0) is 48.7 Å². The lowest BCUT2D eigenvalue weighted by molar-refractivity contribution is -0.132. The maximum absolute atomic E-state index is 12.3. The maximum atomic E-state index is 12.3. The Bertz CT molecular complexity index is 893. The molecule has 1 fully saturated rings. The molecule has 0 spiro atoms. The maximum Gasteiger partial charge on any atom is 0.314 e. The minimum Gasteiger partial charge on any atom is -0.495 e. The summed E-state index contributed by atoms with van der Waals surface area (Å²) >= 11 is 0. The van der Waals surface area contributed by atoms with Gasteiger partial charge in [0.2, 0.25) is 5.91 Å². The van der Waals surface area contributed by atoms with Crippen molar-refractivity contribution in [1.29, 1.82) is 0 Å². The summed E-state index contributed by atoms with van der Waals surface area (Å²) in [6.07, 6.45) is 2.16. The molecule has 1 heterocycles. The number of hydrogen-bond acceptors (Lipinski definition) is 4. The molecule has 3 rings (SSSR count). The average Bonchev–Trinajstić information content (AvgIpc) is 3.14. The van der Waals surface area contributed by atoms with Crippen molar-refractivity contribution in [2.75, 3.05) is 29.2 Å². The Kier molecular flexibility index (Phi) is 5.93. The SMILES string of the molecule is CCc1ccc(NC(=O)C(=O)Nc2ccc(OC)c(N3CCCC3=O)c2)cc1. The van der Waals surface area contributed by atoms with E-state index in [-0.39, 0.29) is 5.91 Å². The first kappa shape index (κ1) is 19.4. The lowest BCUT2D eigenvalue weighted by Crippen LogP contribution is -2.29. The molecule has 0 atom stereocenters. The summed E-state index contributed by atoms with van der Waals surface area (Å²) in [5.41, 5.74) is 2.69. The number of methoxy groups -OCH3 is 1. The number of hydrogen-bond donors (Lipinski definition) is 2. The summed E-state index contributed by atoms with van der Waals surface area (Å²) in [7, 11) is 1.52. The molecule has 0 aliphatic carbocycles. The van der Waals surface area contributed by atoms with Crippen molar-refractivity contribution in [3.8, 4) is 5.75 Å². The third kappa shape index (κ3) is 4.31. The first-order valence-corrected chi connectivity index (χ1v) is 9.21. The van der Waals surface area contributed by atoms with E-state index in [9.17, 15) is 14.4 Å². The van der Waals surface area contributed by atoms with Gasteiger partial charge < -0.3 is 20.3 Å². The number of carbonyl (C=O) groups excluding carboxylic acids is 3. The highest BCUT2D eigenvalue weighted by Gasteiger charge is 2.25. The molecule has 7 heteroatoms. The lowest BCUT2D eigenvalue weighted by Gasteiger charge is -2.20. The van der Waals surface area contributed by atoms with E-state index in [1.54, 1.807) is 35.2 Å². The van der Waals surface area contributed by atoms with Crippen LogP contribution in [0.25, 0.3) is 0 Å². The third-order valence-electron chi connectivity index (χ3n) is 4.63. The van der Waals surface area contributed by atoms with Crippen molar-refractivity contribution >= 4 is 34.8 Å². The van der Waals surface area contributed by atoms with Crippen molar-refractivity contribution < 1.29 is 19.1 Å². The summed E-state index contributed by atoms with van der Waals surface area (Å²) in [5.74, 6) is -1.01. The fraction of sp³-hybridized carbons (Fsp3) is 0.286. The van der Waals surface area contributed by atoms with Crippen molar-refractivity contribution in [1.82, 2.24) is 0 Å². The van der Waals surface area contributed by atoms with Crippen LogP contribution in [-0.4, -0.2) is 31.4 Å². The second kappa shape index (κ2) is 8.56. The number of ether oxygens (including phenoxy) is 1. The Morgan fingerprint density at radius 3 is 2.25 bits per heavy atom. The van der Waals surface area contributed by atoms with Gasteiger partial charge in [0.15, 0.2) is 0 Å². The molecule has 28 heavy (non-hydrogen) atoms. The quantitative estimate of drug-likeness (QED) is 0.780. The van der Waals surface area contributed by atoms with Gasteiger partial charge in [-0.2, -0.15) is 0 Å². The zero-order chi connectivity index (χ0) is 20.1. The van der Waals surface area contributed by atoms with Crippen LogP contribution in [0.2, 0.25) is 0 Å². The Morgan fingerprint density at radius 2 is 1.68 bits per heavy atom. The van der Waals surface area contributed by atoms with Gasteiger partial charge in [-0.25, -0.2) is 0 Å². The minimum atomic E-state index is -0.788. The molecule has 0 bridgehead atoms. The van der Waals surface area contributed by atoms with Gasteiger partial charge in [-0.15, -0.1) is 0 Å². The molecule has 0 radical (unpaired) electrons. The van der Waals surface area contributed by atoms with Crippen LogP contribution in [-0.2, 0) is 20.8 Å². The van der Waals surface area contributed by atoms with Crippen molar-refractivity contribution in [2.45, 2.75) is 26.2 Å². The zero-order valence-electron chi connectivity index (χ0n) is 16.0. The predicted molar refractivity (Wildman–Crippen MR) is 108 cm³/mol. The molecule has 0 unspecified atom stereocenters. The molecular weight excluding hydrogens is 358 g/mol. The van der Waals surface area contributed by atoms with E-state index in [1.807, 2.05) is 19.1 Å². The number of nitrogens with zero attached hydrogens (tertiary/aromatic N) is 1. The predicted octanol–water partition coefficient (Wildman–Crippen LogP) is 2.96. The normalized spacial score (nSPS) is 13.4. The summed E-state index contributed by atoms with van der Waals surface area (Å²) in [6, 6.07) is 12.3. The van der Waals surface area contributed by atoms with Gasteiger partial charge in [-0.3, -0.25) is 14.4 Å². The van der Waals surface area contributed by atoms with E-state index < -0.39 is 11.8 Å². The molecule has 7 nitrogen and oxygen atoms in total. The largest absolute Gasteiger partial charge is 0.495 e. The highest BCUT2D eigenvalue weighted by Crippen LogP contribution is 2.34. The summed E-state index contributed by atoms with van der Waals surface area (Å²) < 4.78 is 5.33. The number of nitrogens with one attached hydrogen (secondary N) is 2. The molecule has 1 saturated heterocycles. The fourth-order valence-electron chi connectivity index (χ4n) is 3.08. The molecule has 2 aromatic carbocycles. The van der Waals surface area contributed by atoms with Crippen LogP contribution in [0.1, 0.15) is 25.3 Å². The summed E-state index contributed by atoms with van der Waals surface area (Å²) in [6.45, 7) is 2.64. The van der Waals surface area contributed by atoms with E-state index >= 15 is 0 Å². The number of aryl methyl sites for hydroxylation is 1. The van der Waals surface area contributed by atoms with Crippen LogP contribution in [0.4, 0.5) is 17.1 Å². The second-order valence-electron chi connectivity index (χ2n) is 6.49. The third-order valence-corrected chi connectivity index (χ3v) is 4.63. The van der Waals surface area contributed by atoms with Crippen molar-refractivity contribution in [2.24, 2.45) is 0 Å². The Balaban J connectivity index is 1.70. The van der Waals surface area contributed by atoms with Gasteiger partial charge in [0, 0.05) is 24.3 Å². The van der Waals surface area contributed by atoms with E-state index in [0.29, 0.717) is 35.8 Å². The molecule has 1 aliphatic rings. The van der Waals surface area contributed by atoms with Crippen LogP contribution in [0.15, 0.2) is 42.5 Å². The number of carbonyl (C=O) groups is 3. The number of benzene rings is 2. The number of rotatable bonds is 5. The highest BCUT2D eigenvalue weighted by molar-refractivity contribution is 6.43. The summed E-state index contributed by atoms with van der Waals surface area (Å²) in [5, 5.41) is 5.14. The zero-order valence-corrected chi connectivity index (χ0v) is 16.0. The first-order chi connectivity index (χ1) is 13.5. The summed E-state index contributed by atoms with van der Waals surface area (Å²) in [4.78, 5) is 38.1. The lowest BCUT2D eigenvalue weighted by atomic mass is 10.1. The number of anilines is 3. The Morgan fingerprint density at radius 1 is 1.04 bits per heavy atom. The standard InChI is InChI=1S/C21H23N3O4/c1-3-14-6-8-15(9-7-14)22-20(26)21(27)23-16-10-11-18(28-2)17(13-16)24-12-4-5-19(24)25/h6-11,13H,3-5,12H2,1-2H3,(H,22,26)(H,23,27). The van der Waals surface area contributed by atoms with Gasteiger partial charge in [0.1, 0.15) is 5.75 Å². The molecule has 146 valence electrons. The minimum absolute atomic E-state index is 0.00930. The Labute approximate surface area is 163 Å². The monoisotopic (exact) mass is 381 g/mol. The molecule has 0 saturated carbocycles. The van der Waals surface area contributed by atoms with E-state index in [2.05, 4.69) is 10.6 Å². The van der Waals surface area contributed by atoms with Crippen LogP contribution < -0.4 is 20.3 Å². The topological polar surface area (TPSA) is 87.7 Å². The van der Waals surface area contributed by atoms with Crippen LogP contribution >= 0.6 is 0 Å². The van der Waals surface area contributed by atoms with E-state index in [1.165, 1.54) is 7.11 Å². The number of amides is 3. The van der Waals surface area contributed by atoms with Gasteiger partial charge in [0.25, 0.3) is 0 Å². The molecule has 2 N–H and O–H groups in total. The molecule has 0 aromatic heterocycles. The van der Waals surface area contributed by atoms with Gasteiger partial charge in [0.05, 0.1) is 12.8 Å². The van der Waals surface area contributed by atoms with Crippen molar-refractivity contribution in [3.05, 3.63) is 48.0 Å². The van der Waals surface area contributed by atoms with E-state index in [0.717, 1.165) is 18.4 Å². The molecule has 2 aromatic rings. The average molecular weight is 381 g/mol. The molecule has 1 aliphatic heterocycles. The van der Waals surface area contributed by atoms with Gasteiger partial charge >= 0.3 is 11.8 Å². The van der Waals surface area contributed by atoms with E-state index in [4.69, 9.17) is 4.74 Å². The van der Waals surface area contributed by atoms with Crippen LogP contribution in [0.5, 0.6) is 5.75 Å². The van der Waals surface area contributed by atoms with Gasteiger partial charge in [-0.1, -0.05) is 19.1 Å². The smallest absolute Gasteiger partial charge is 0.314 e. The van der Waals surface area contributed by atoms with Crippen LogP contribution in [0, 0.1) is 0 Å². The second-order valence-corrected chi connectivity index (χ2v) is 6.49. The molecule has 3 amide bonds. The van der Waals surface area contributed by atoms with Crippen molar-refractivity contribution in [3.63, 3.8) is 0 Å². The molecular formula is C21H23N3O4. The fourth-order valence-corrected chi connectivity index (χ4v) is 3.08. The Hall–Kier alpha value is -3.35. The highest BCUT2D eigenvalue weighted by atomic mass is 16.5. The van der Waals surface area contributed by atoms with Crippen LogP contribution in [0.3, 0.4) is 0 Å². The first-order valence-electron chi connectivity index (χ1n) is 9.21.